The molecule has 0 saturated heterocycles. The van der Waals surface area contributed by atoms with Gasteiger partial charge in [0.2, 0.25) is 0 Å². The molecule has 1 rings (SSSR count). The summed E-state index contributed by atoms with van der Waals surface area (Å²) in [5.41, 5.74) is 0.857. The molecular formula is C11H11BrO4. The Morgan fingerprint density at radius 3 is 2.38 bits per heavy atom. The fraction of sp³-hybridized carbons (Fsp3) is 0.273. The molecule has 0 aliphatic rings. The van der Waals surface area contributed by atoms with Crippen molar-refractivity contribution >= 4 is 27.9 Å². The fourth-order valence-electron chi connectivity index (χ4n) is 1.15. The Morgan fingerprint density at radius 1 is 1.38 bits per heavy atom. The van der Waals surface area contributed by atoms with Gasteiger partial charge in [-0.1, -0.05) is 28.1 Å². The molecule has 1 N–H and O–H groups in total. The van der Waals surface area contributed by atoms with Gasteiger partial charge in [-0.3, -0.25) is 4.79 Å². The van der Waals surface area contributed by atoms with E-state index in [1.807, 2.05) is 0 Å². The lowest BCUT2D eigenvalue weighted by Crippen LogP contribution is -2.10. The van der Waals surface area contributed by atoms with Crippen LogP contribution in [0.5, 0.6) is 0 Å². The predicted molar refractivity (Wildman–Crippen MR) is 61.7 cm³/mol. The molecule has 16 heavy (non-hydrogen) atoms. The normalized spacial score (nSPS) is 11.9. The van der Waals surface area contributed by atoms with E-state index in [-0.39, 0.29) is 11.5 Å². The molecule has 0 amide bonds. The Morgan fingerprint density at radius 2 is 1.94 bits per heavy atom. The van der Waals surface area contributed by atoms with Crippen LogP contribution in [0.2, 0.25) is 0 Å². The summed E-state index contributed by atoms with van der Waals surface area (Å²) in [6.07, 6.45) is 0. The second-order valence-corrected chi connectivity index (χ2v) is 3.96. The molecule has 86 valence electrons. The molecule has 4 nitrogen and oxygen atoms in total. The maximum Gasteiger partial charge on any atom is 0.335 e. The lowest BCUT2D eigenvalue weighted by atomic mass is 10.1. The number of rotatable bonds is 4. The summed E-state index contributed by atoms with van der Waals surface area (Å²) in [4.78, 5) is 21.4. The van der Waals surface area contributed by atoms with E-state index in [4.69, 9.17) is 9.84 Å². The molecule has 1 atom stereocenters. The zero-order valence-corrected chi connectivity index (χ0v) is 10.2. The van der Waals surface area contributed by atoms with Crippen LogP contribution in [0.3, 0.4) is 0 Å². The Kier molecular flexibility index (Phi) is 4.49. The first kappa shape index (κ1) is 12.7. The van der Waals surface area contributed by atoms with Crippen LogP contribution >= 0.6 is 15.9 Å². The van der Waals surface area contributed by atoms with Crippen molar-refractivity contribution in [3.05, 3.63) is 35.4 Å². The van der Waals surface area contributed by atoms with Crippen LogP contribution in [0.1, 0.15) is 27.7 Å². The van der Waals surface area contributed by atoms with Gasteiger partial charge >= 0.3 is 11.9 Å². The minimum Gasteiger partial charge on any atom is -0.478 e. The van der Waals surface area contributed by atoms with E-state index in [2.05, 4.69) is 15.9 Å². The van der Waals surface area contributed by atoms with Crippen molar-refractivity contribution in [1.82, 2.24) is 0 Å². The summed E-state index contributed by atoms with van der Waals surface area (Å²) in [6, 6.07) is 6.07. The highest BCUT2D eigenvalue weighted by Gasteiger charge is 2.18. The number of carboxylic acids is 1. The van der Waals surface area contributed by atoms with Crippen LogP contribution in [-0.4, -0.2) is 23.7 Å². The zero-order chi connectivity index (χ0) is 12.1. The van der Waals surface area contributed by atoms with Crippen LogP contribution < -0.4 is 0 Å². The number of aromatic carboxylic acids is 1. The van der Waals surface area contributed by atoms with Gasteiger partial charge in [-0.25, -0.2) is 4.79 Å². The largest absolute Gasteiger partial charge is 0.478 e. The van der Waals surface area contributed by atoms with E-state index in [0.29, 0.717) is 12.2 Å². The predicted octanol–water partition coefficient (Wildman–Crippen LogP) is 2.38. The molecule has 0 bridgehead atoms. The smallest absolute Gasteiger partial charge is 0.335 e. The summed E-state index contributed by atoms with van der Waals surface area (Å²) in [6.45, 7) is 2.04. The Hall–Kier alpha value is -1.36. The third-order valence-electron chi connectivity index (χ3n) is 1.94. The van der Waals surface area contributed by atoms with E-state index >= 15 is 0 Å². The number of carboxylic acid groups (broad SMARTS) is 1. The maximum atomic E-state index is 11.4. The highest BCUT2D eigenvalue weighted by atomic mass is 79.9. The Labute approximate surface area is 101 Å². The number of carbonyl (C=O) groups is 2. The van der Waals surface area contributed by atoms with Gasteiger partial charge < -0.3 is 9.84 Å². The topological polar surface area (TPSA) is 63.6 Å². The maximum absolute atomic E-state index is 11.4. The number of benzene rings is 1. The van der Waals surface area contributed by atoms with Gasteiger partial charge in [-0.05, 0) is 24.6 Å². The molecule has 0 fully saturated rings. The van der Waals surface area contributed by atoms with Gasteiger partial charge in [0.1, 0.15) is 4.83 Å². The van der Waals surface area contributed by atoms with E-state index < -0.39 is 10.8 Å². The number of ether oxygens (including phenoxy) is 1. The van der Waals surface area contributed by atoms with E-state index in [0.717, 1.165) is 0 Å². The van der Waals surface area contributed by atoms with Crippen molar-refractivity contribution in [2.45, 2.75) is 11.8 Å². The van der Waals surface area contributed by atoms with Crippen molar-refractivity contribution in [1.29, 1.82) is 0 Å². The van der Waals surface area contributed by atoms with Gasteiger partial charge in [0.05, 0.1) is 12.2 Å². The molecule has 0 radical (unpaired) electrons. The summed E-state index contributed by atoms with van der Waals surface area (Å²) in [5.74, 6) is -1.38. The number of carbonyl (C=O) groups excluding carboxylic acids is 1. The number of alkyl halides is 1. The van der Waals surface area contributed by atoms with Gasteiger partial charge in [-0.2, -0.15) is 0 Å². The first-order chi connectivity index (χ1) is 7.56. The summed E-state index contributed by atoms with van der Waals surface area (Å²) in [7, 11) is 0. The monoisotopic (exact) mass is 286 g/mol. The molecule has 1 aromatic rings. The third-order valence-corrected chi connectivity index (χ3v) is 2.85. The first-order valence-corrected chi connectivity index (χ1v) is 5.61. The number of halogens is 1. The van der Waals surface area contributed by atoms with Crippen molar-refractivity contribution in [2.24, 2.45) is 0 Å². The quantitative estimate of drug-likeness (QED) is 0.682. The highest BCUT2D eigenvalue weighted by molar-refractivity contribution is 9.09. The first-order valence-electron chi connectivity index (χ1n) is 4.70. The second-order valence-electron chi connectivity index (χ2n) is 3.04. The summed E-state index contributed by atoms with van der Waals surface area (Å²) < 4.78 is 4.83. The molecule has 5 heteroatoms. The van der Waals surface area contributed by atoms with E-state index in [1.165, 1.54) is 12.1 Å². The van der Waals surface area contributed by atoms with Crippen molar-refractivity contribution in [2.75, 3.05) is 6.61 Å². The molecular weight excluding hydrogens is 276 g/mol. The van der Waals surface area contributed by atoms with Gasteiger partial charge in [0.25, 0.3) is 0 Å². The standard InChI is InChI=1S/C11H11BrO4/c1-2-16-11(15)9(12)7-3-5-8(6-4-7)10(13)14/h3-6,9H,2H2,1H3,(H,13,14). The minimum atomic E-state index is -0.992. The Bertz CT molecular complexity index is 385. The molecule has 0 saturated carbocycles. The zero-order valence-electron chi connectivity index (χ0n) is 8.64. The van der Waals surface area contributed by atoms with Crippen LogP contribution in [-0.2, 0) is 9.53 Å². The second kappa shape index (κ2) is 5.65. The molecule has 0 aromatic heterocycles. The van der Waals surface area contributed by atoms with Gasteiger partial charge in [-0.15, -0.1) is 0 Å². The number of esters is 1. The molecule has 0 spiro atoms. The molecule has 1 aromatic carbocycles. The molecule has 0 heterocycles. The number of hydrogen-bond donors (Lipinski definition) is 1. The molecule has 0 aliphatic carbocycles. The van der Waals surface area contributed by atoms with E-state index in [9.17, 15) is 9.59 Å². The summed E-state index contributed by atoms with van der Waals surface area (Å²) >= 11 is 3.19. The average molecular weight is 287 g/mol. The van der Waals surface area contributed by atoms with Crippen LogP contribution in [0.4, 0.5) is 0 Å². The fourth-order valence-corrected chi connectivity index (χ4v) is 1.58. The lowest BCUT2D eigenvalue weighted by Gasteiger charge is -2.09. The molecule has 1 unspecified atom stereocenters. The highest BCUT2D eigenvalue weighted by Crippen LogP contribution is 2.24. The van der Waals surface area contributed by atoms with Crippen LogP contribution in [0.25, 0.3) is 0 Å². The van der Waals surface area contributed by atoms with Gasteiger partial charge in [0, 0.05) is 0 Å². The molecule has 0 aliphatic heterocycles. The SMILES string of the molecule is CCOC(=O)C(Br)c1ccc(C(=O)O)cc1. The van der Waals surface area contributed by atoms with E-state index in [1.54, 1.807) is 19.1 Å². The summed E-state index contributed by atoms with van der Waals surface area (Å²) in [5, 5.41) is 8.70. The van der Waals surface area contributed by atoms with Crippen LogP contribution in [0, 0.1) is 0 Å². The average Bonchev–Trinajstić information content (AvgIpc) is 2.28. The van der Waals surface area contributed by atoms with Gasteiger partial charge in [0.15, 0.2) is 0 Å². The van der Waals surface area contributed by atoms with Crippen LogP contribution in [0.15, 0.2) is 24.3 Å². The van der Waals surface area contributed by atoms with Crippen molar-refractivity contribution < 1.29 is 19.4 Å². The third kappa shape index (κ3) is 3.06. The lowest BCUT2D eigenvalue weighted by molar-refractivity contribution is -0.142. The Balaban J connectivity index is 2.81. The minimum absolute atomic E-state index is 0.187. The van der Waals surface area contributed by atoms with Crippen molar-refractivity contribution in [3.8, 4) is 0 Å². The van der Waals surface area contributed by atoms with Crippen molar-refractivity contribution in [3.63, 3.8) is 0 Å². The number of hydrogen-bond acceptors (Lipinski definition) is 3.